The van der Waals surface area contributed by atoms with Crippen LogP contribution in [-0.2, 0) is 13.0 Å². The summed E-state index contributed by atoms with van der Waals surface area (Å²) >= 11 is 5.63. The van der Waals surface area contributed by atoms with E-state index in [-0.39, 0.29) is 0 Å². The van der Waals surface area contributed by atoms with Gasteiger partial charge < -0.3 is 5.73 Å². The zero-order valence-corrected chi connectivity index (χ0v) is 10.3. The summed E-state index contributed by atoms with van der Waals surface area (Å²) in [5.74, 6) is 0.207. The molecule has 90 valence electrons. The summed E-state index contributed by atoms with van der Waals surface area (Å²) in [6.07, 6.45) is 3.87. The largest absolute Gasteiger partial charge is 0.364 e. The number of amides is 1. The molecule has 1 rings (SSSR count). The maximum Gasteiger partial charge on any atom is 0.269 e. The van der Waals surface area contributed by atoms with E-state index in [0.29, 0.717) is 11.6 Å². The molecule has 1 aromatic rings. The van der Waals surface area contributed by atoms with Crippen LogP contribution in [0.15, 0.2) is 6.07 Å². The van der Waals surface area contributed by atoms with Crippen LogP contribution in [-0.4, -0.2) is 21.6 Å². The predicted octanol–water partition coefficient (Wildman–Crippen LogP) is 1.95. The van der Waals surface area contributed by atoms with Crippen LogP contribution in [0.1, 0.15) is 42.4 Å². The topological polar surface area (TPSA) is 60.9 Å². The maximum absolute atomic E-state index is 11.0. The van der Waals surface area contributed by atoms with Crippen LogP contribution in [0.5, 0.6) is 0 Å². The number of unbranched alkanes of at least 4 members (excludes halogenated alkanes) is 1. The Morgan fingerprint density at radius 3 is 2.88 bits per heavy atom. The van der Waals surface area contributed by atoms with E-state index in [4.69, 9.17) is 17.3 Å². The molecule has 0 fully saturated rings. The lowest BCUT2D eigenvalue weighted by molar-refractivity contribution is 0.0994. The summed E-state index contributed by atoms with van der Waals surface area (Å²) in [4.78, 5) is 11.0. The van der Waals surface area contributed by atoms with Crippen LogP contribution in [0.2, 0.25) is 0 Å². The molecule has 0 spiro atoms. The number of aryl methyl sites for hydroxylation is 2. The molecule has 1 amide bonds. The van der Waals surface area contributed by atoms with Gasteiger partial charge in [-0.1, -0.05) is 6.92 Å². The summed E-state index contributed by atoms with van der Waals surface area (Å²) in [6.45, 7) is 2.90. The highest BCUT2D eigenvalue weighted by molar-refractivity contribution is 6.17. The first-order valence-electron chi connectivity index (χ1n) is 5.61. The van der Waals surface area contributed by atoms with Crippen molar-refractivity contribution in [3.05, 3.63) is 17.5 Å². The molecule has 2 N–H and O–H groups in total. The van der Waals surface area contributed by atoms with Gasteiger partial charge in [0.1, 0.15) is 5.69 Å². The van der Waals surface area contributed by atoms with E-state index < -0.39 is 5.91 Å². The monoisotopic (exact) mass is 243 g/mol. The number of nitrogens with zero attached hydrogens (tertiary/aromatic N) is 2. The third-order valence-corrected chi connectivity index (χ3v) is 2.63. The number of rotatable bonds is 7. The molecule has 5 heteroatoms. The van der Waals surface area contributed by atoms with Gasteiger partial charge in [0.05, 0.1) is 0 Å². The molecule has 0 aliphatic rings. The number of aromatic nitrogens is 2. The number of hydrogen-bond donors (Lipinski definition) is 1. The summed E-state index contributed by atoms with van der Waals surface area (Å²) in [5.41, 5.74) is 6.64. The molecule has 0 atom stereocenters. The summed E-state index contributed by atoms with van der Waals surface area (Å²) in [6, 6.07) is 1.78. The van der Waals surface area contributed by atoms with Gasteiger partial charge in [0, 0.05) is 18.1 Å². The lowest BCUT2D eigenvalue weighted by Crippen LogP contribution is -2.12. The lowest BCUT2D eigenvalue weighted by atomic mass is 10.2. The van der Waals surface area contributed by atoms with Crippen LogP contribution in [0.25, 0.3) is 0 Å². The second-order valence-corrected chi connectivity index (χ2v) is 4.13. The second-order valence-electron chi connectivity index (χ2n) is 3.75. The highest BCUT2D eigenvalue weighted by Gasteiger charge is 2.10. The fourth-order valence-corrected chi connectivity index (χ4v) is 1.77. The van der Waals surface area contributed by atoms with Crippen molar-refractivity contribution in [1.82, 2.24) is 9.78 Å². The molecule has 0 saturated heterocycles. The molecule has 1 heterocycles. The summed E-state index contributed by atoms with van der Waals surface area (Å²) in [7, 11) is 0. The van der Waals surface area contributed by atoms with Gasteiger partial charge in [-0.15, -0.1) is 11.6 Å². The van der Waals surface area contributed by atoms with E-state index in [2.05, 4.69) is 12.0 Å². The van der Waals surface area contributed by atoms with Gasteiger partial charge in [-0.05, 0) is 31.7 Å². The van der Waals surface area contributed by atoms with E-state index >= 15 is 0 Å². The van der Waals surface area contributed by atoms with Gasteiger partial charge in [-0.25, -0.2) is 0 Å². The minimum Gasteiger partial charge on any atom is -0.364 e. The normalized spacial score (nSPS) is 10.6. The lowest BCUT2D eigenvalue weighted by Gasteiger charge is -2.04. The van der Waals surface area contributed by atoms with Gasteiger partial charge in [-0.3, -0.25) is 9.48 Å². The first-order chi connectivity index (χ1) is 7.69. The van der Waals surface area contributed by atoms with Gasteiger partial charge in [0.15, 0.2) is 0 Å². The van der Waals surface area contributed by atoms with Crippen molar-refractivity contribution < 1.29 is 4.79 Å². The smallest absolute Gasteiger partial charge is 0.269 e. The number of carbonyl (C=O) groups excluding carboxylic acids is 1. The average Bonchev–Trinajstić information content (AvgIpc) is 2.63. The van der Waals surface area contributed by atoms with Crippen molar-refractivity contribution >= 4 is 17.5 Å². The quantitative estimate of drug-likeness (QED) is 0.588. The number of halogens is 1. The third kappa shape index (κ3) is 3.52. The van der Waals surface area contributed by atoms with Crippen molar-refractivity contribution in [2.45, 2.75) is 39.2 Å². The zero-order chi connectivity index (χ0) is 12.0. The predicted molar refractivity (Wildman–Crippen MR) is 64.7 cm³/mol. The van der Waals surface area contributed by atoms with Crippen molar-refractivity contribution in [2.75, 3.05) is 5.88 Å². The van der Waals surface area contributed by atoms with Crippen LogP contribution >= 0.6 is 11.6 Å². The molecule has 0 aromatic carbocycles. The number of carbonyl (C=O) groups is 1. The van der Waals surface area contributed by atoms with Crippen LogP contribution in [0.4, 0.5) is 0 Å². The second kappa shape index (κ2) is 6.53. The van der Waals surface area contributed by atoms with E-state index in [1.54, 1.807) is 6.07 Å². The van der Waals surface area contributed by atoms with E-state index in [0.717, 1.165) is 37.9 Å². The molecule has 1 aromatic heterocycles. The molecule has 0 unspecified atom stereocenters. The Labute approximate surface area is 101 Å². The maximum atomic E-state index is 11.0. The Morgan fingerprint density at radius 2 is 2.31 bits per heavy atom. The van der Waals surface area contributed by atoms with Crippen molar-refractivity contribution in [3.63, 3.8) is 0 Å². The van der Waals surface area contributed by atoms with E-state index in [1.807, 2.05) is 4.68 Å². The van der Waals surface area contributed by atoms with Gasteiger partial charge >= 0.3 is 0 Å². The first kappa shape index (κ1) is 13.0. The van der Waals surface area contributed by atoms with Gasteiger partial charge in [-0.2, -0.15) is 5.10 Å². The number of hydrogen-bond acceptors (Lipinski definition) is 2. The Bertz CT molecular complexity index is 349. The molecule has 0 bridgehead atoms. The highest BCUT2D eigenvalue weighted by atomic mass is 35.5. The fraction of sp³-hybridized carbons (Fsp3) is 0.636. The van der Waals surface area contributed by atoms with Crippen LogP contribution in [0.3, 0.4) is 0 Å². The van der Waals surface area contributed by atoms with Crippen molar-refractivity contribution in [2.24, 2.45) is 5.73 Å². The van der Waals surface area contributed by atoms with Gasteiger partial charge in [0.25, 0.3) is 5.91 Å². The standard InChI is InChI=1S/C11H18ClN3O/c1-2-7-15-9(5-3-4-6-12)8-10(14-15)11(13)16/h8H,2-7H2,1H3,(H2,13,16). The SMILES string of the molecule is CCCn1nc(C(N)=O)cc1CCCCCl. The Hall–Kier alpha value is -1.03. The molecular weight excluding hydrogens is 226 g/mol. The minimum absolute atomic E-state index is 0.356. The molecule has 4 nitrogen and oxygen atoms in total. The zero-order valence-electron chi connectivity index (χ0n) is 9.58. The van der Waals surface area contributed by atoms with Crippen molar-refractivity contribution in [3.8, 4) is 0 Å². The van der Waals surface area contributed by atoms with Gasteiger partial charge in [0.2, 0.25) is 0 Å². The number of primary amides is 1. The molecular formula is C11H18ClN3O. The minimum atomic E-state index is -0.464. The summed E-state index contributed by atoms with van der Waals surface area (Å²) in [5, 5.41) is 4.19. The summed E-state index contributed by atoms with van der Waals surface area (Å²) < 4.78 is 1.87. The third-order valence-electron chi connectivity index (χ3n) is 2.37. The Kier molecular flexibility index (Phi) is 5.32. The van der Waals surface area contributed by atoms with E-state index in [9.17, 15) is 4.79 Å². The van der Waals surface area contributed by atoms with Crippen LogP contribution in [0, 0.1) is 0 Å². The highest BCUT2D eigenvalue weighted by Crippen LogP contribution is 2.09. The fourth-order valence-electron chi connectivity index (χ4n) is 1.58. The average molecular weight is 244 g/mol. The molecule has 0 saturated carbocycles. The van der Waals surface area contributed by atoms with Crippen molar-refractivity contribution in [1.29, 1.82) is 0 Å². The first-order valence-corrected chi connectivity index (χ1v) is 6.15. The molecule has 16 heavy (non-hydrogen) atoms. The number of nitrogens with two attached hydrogens (primary N) is 1. The Morgan fingerprint density at radius 1 is 1.56 bits per heavy atom. The molecule has 0 aliphatic carbocycles. The van der Waals surface area contributed by atoms with Crippen LogP contribution < -0.4 is 5.73 Å². The number of alkyl halides is 1. The van der Waals surface area contributed by atoms with E-state index in [1.165, 1.54) is 0 Å². The molecule has 0 radical (unpaired) electrons. The molecule has 0 aliphatic heterocycles. The Balaban J connectivity index is 2.74.